The standard InChI is InChI=1S/C10H7ClINO2/c1-2-15-10(14)7-4-8(11)9(12)3-6(7)5-13/h3-4H,2H2,1H3. The monoisotopic (exact) mass is 335 g/mol. The number of halogens is 2. The Kier molecular flexibility index (Phi) is 4.36. The first kappa shape index (κ1) is 12.3. The van der Waals surface area contributed by atoms with E-state index < -0.39 is 5.97 Å². The van der Waals surface area contributed by atoms with Crippen molar-refractivity contribution in [2.75, 3.05) is 6.61 Å². The number of carbonyl (C=O) groups is 1. The molecule has 0 saturated carbocycles. The van der Waals surface area contributed by atoms with Gasteiger partial charge in [-0.15, -0.1) is 0 Å². The van der Waals surface area contributed by atoms with Crippen LogP contribution in [0.5, 0.6) is 0 Å². The lowest BCUT2D eigenvalue weighted by molar-refractivity contribution is 0.0526. The molecule has 3 nitrogen and oxygen atoms in total. The third-order valence-electron chi connectivity index (χ3n) is 1.68. The molecule has 5 heteroatoms. The maximum atomic E-state index is 11.5. The van der Waals surface area contributed by atoms with Gasteiger partial charge in [-0.25, -0.2) is 4.79 Å². The molecule has 0 aliphatic heterocycles. The number of nitriles is 1. The SMILES string of the molecule is CCOC(=O)c1cc(Cl)c(I)cc1C#N. The summed E-state index contributed by atoms with van der Waals surface area (Å²) in [5.74, 6) is -0.521. The van der Waals surface area contributed by atoms with Crippen molar-refractivity contribution < 1.29 is 9.53 Å². The fraction of sp³-hybridized carbons (Fsp3) is 0.200. The van der Waals surface area contributed by atoms with Gasteiger partial charge in [-0.2, -0.15) is 5.26 Å². The highest BCUT2D eigenvalue weighted by Crippen LogP contribution is 2.23. The van der Waals surface area contributed by atoms with Crippen LogP contribution in [0.25, 0.3) is 0 Å². The topological polar surface area (TPSA) is 50.1 Å². The summed E-state index contributed by atoms with van der Waals surface area (Å²) in [6.07, 6.45) is 0. The Balaban J connectivity index is 3.23. The summed E-state index contributed by atoms with van der Waals surface area (Å²) in [5, 5.41) is 9.29. The lowest BCUT2D eigenvalue weighted by Gasteiger charge is -2.05. The van der Waals surface area contributed by atoms with Crippen molar-refractivity contribution in [2.45, 2.75) is 6.92 Å². The summed E-state index contributed by atoms with van der Waals surface area (Å²) in [6.45, 7) is 1.98. The lowest BCUT2D eigenvalue weighted by atomic mass is 10.1. The molecule has 0 aromatic heterocycles. The van der Waals surface area contributed by atoms with Crippen LogP contribution in [0.15, 0.2) is 12.1 Å². The minimum Gasteiger partial charge on any atom is -0.462 e. The Morgan fingerprint density at radius 1 is 1.67 bits per heavy atom. The van der Waals surface area contributed by atoms with Crippen molar-refractivity contribution in [2.24, 2.45) is 0 Å². The molecule has 0 atom stereocenters. The maximum absolute atomic E-state index is 11.5. The average Bonchev–Trinajstić information content (AvgIpc) is 2.21. The molecule has 78 valence electrons. The highest BCUT2D eigenvalue weighted by atomic mass is 127. The molecule has 0 spiro atoms. The van der Waals surface area contributed by atoms with Crippen molar-refractivity contribution >= 4 is 40.2 Å². The summed E-state index contributed by atoms with van der Waals surface area (Å²) in [4.78, 5) is 11.5. The molecule has 1 aromatic carbocycles. The number of carbonyl (C=O) groups excluding carboxylic acids is 1. The molecular weight excluding hydrogens is 328 g/mol. The first-order valence-electron chi connectivity index (χ1n) is 4.16. The van der Waals surface area contributed by atoms with E-state index in [2.05, 4.69) is 0 Å². The van der Waals surface area contributed by atoms with Crippen LogP contribution < -0.4 is 0 Å². The number of nitrogens with zero attached hydrogens (tertiary/aromatic N) is 1. The third kappa shape index (κ3) is 2.83. The molecule has 0 N–H and O–H groups in total. The van der Waals surface area contributed by atoms with Gasteiger partial charge in [0.1, 0.15) is 6.07 Å². The van der Waals surface area contributed by atoms with Crippen molar-refractivity contribution in [3.63, 3.8) is 0 Å². The molecule has 0 fully saturated rings. The largest absolute Gasteiger partial charge is 0.462 e. The Bertz CT molecular complexity index is 440. The van der Waals surface area contributed by atoms with Crippen LogP contribution in [-0.4, -0.2) is 12.6 Å². The van der Waals surface area contributed by atoms with Crippen molar-refractivity contribution in [3.05, 3.63) is 31.9 Å². The summed E-state index contributed by atoms with van der Waals surface area (Å²) < 4.78 is 5.55. The van der Waals surface area contributed by atoms with Crippen LogP contribution in [0.4, 0.5) is 0 Å². The van der Waals surface area contributed by atoms with Gasteiger partial charge in [-0.3, -0.25) is 0 Å². The quantitative estimate of drug-likeness (QED) is 0.617. The fourth-order valence-electron chi connectivity index (χ4n) is 1.02. The van der Waals surface area contributed by atoms with E-state index in [1.807, 2.05) is 28.7 Å². The van der Waals surface area contributed by atoms with Crippen LogP contribution >= 0.6 is 34.2 Å². The summed E-state index contributed by atoms with van der Waals surface area (Å²) in [5.41, 5.74) is 0.493. The Morgan fingerprint density at radius 2 is 2.33 bits per heavy atom. The van der Waals surface area contributed by atoms with Crippen molar-refractivity contribution in [1.29, 1.82) is 5.26 Å². The highest BCUT2D eigenvalue weighted by Gasteiger charge is 2.14. The molecule has 0 unspecified atom stereocenters. The average molecular weight is 336 g/mol. The molecular formula is C10H7ClINO2. The van der Waals surface area contributed by atoms with Crippen molar-refractivity contribution in [1.82, 2.24) is 0 Å². The van der Waals surface area contributed by atoms with E-state index in [9.17, 15) is 4.79 Å². The number of benzene rings is 1. The molecule has 0 bridgehead atoms. The summed E-state index contributed by atoms with van der Waals surface area (Å²) in [6, 6.07) is 4.96. The van der Waals surface area contributed by atoms with E-state index in [4.69, 9.17) is 21.6 Å². The van der Waals surface area contributed by atoms with Crippen LogP contribution in [0.1, 0.15) is 22.8 Å². The number of esters is 1. The zero-order chi connectivity index (χ0) is 11.4. The second-order valence-corrected chi connectivity index (χ2v) is 4.21. The molecule has 0 amide bonds. The highest BCUT2D eigenvalue weighted by molar-refractivity contribution is 14.1. The van der Waals surface area contributed by atoms with E-state index in [-0.39, 0.29) is 17.7 Å². The first-order chi connectivity index (χ1) is 7.10. The molecule has 1 aromatic rings. The zero-order valence-electron chi connectivity index (χ0n) is 7.88. The third-order valence-corrected chi connectivity index (χ3v) is 3.20. The summed E-state index contributed by atoms with van der Waals surface area (Å²) in [7, 11) is 0. The maximum Gasteiger partial charge on any atom is 0.339 e. The van der Waals surface area contributed by atoms with E-state index >= 15 is 0 Å². The minimum absolute atomic E-state index is 0.213. The molecule has 0 saturated heterocycles. The predicted octanol–water partition coefficient (Wildman–Crippen LogP) is 2.99. The van der Waals surface area contributed by atoms with Gasteiger partial charge in [0.2, 0.25) is 0 Å². The molecule has 0 aliphatic rings. The molecule has 1 rings (SSSR count). The number of hydrogen-bond donors (Lipinski definition) is 0. The lowest BCUT2D eigenvalue weighted by Crippen LogP contribution is -2.07. The van der Waals surface area contributed by atoms with Gasteiger partial charge in [-0.05, 0) is 41.6 Å². The number of ether oxygens (including phenoxy) is 1. The van der Waals surface area contributed by atoms with Gasteiger partial charge in [-0.1, -0.05) is 11.6 Å². The van der Waals surface area contributed by atoms with Gasteiger partial charge < -0.3 is 4.74 Å². The Morgan fingerprint density at radius 3 is 2.87 bits per heavy atom. The van der Waals surface area contributed by atoms with E-state index in [1.165, 1.54) is 6.07 Å². The normalized spacial score (nSPS) is 9.47. The number of hydrogen-bond acceptors (Lipinski definition) is 3. The van der Waals surface area contributed by atoms with Gasteiger partial charge in [0, 0.05) is 3.57 Å². The second kappa shape index (κ2) is 5.33. The molecule has 0 aliphatic carbocycles. The van der Waals surface area contributed by atoms with Crippen LogP contribution in [0.2, 0.25) is 5.02 Å². The van der Waals surface area contributed by atoms with Gasteiger partial charge in [0.25, 0.3) is 0 Å². The smallest absolute Gasteiger partial charge is 0.339 e. The van der Waals surface area contributed by atoms with Gasteiger partial charge in [0.15, 0.2) is 0 Å². The zero-order valence-corrected chi connectivity index (χ0v) is 10.8. The Labute approximate surface area is 106 Å². The first-order valence-corrected chi connectivity index (χ1v) is 5.62. The Hall–Kier alpha value is -0.800. The van der Waals surface area contributed by atoms with E-state index in [1.54, 1.807) is 13.0 Å². The fourth-order valence-corrected chi connectivity index (χ4v) is 1.65. The van der Waals surface area contributed by atoms with Gasteiger partial charge >= 0.3 is 5.97 Å². The van der Waals surface area contributed by atoms with Crippen molar-refractivity contribution in [3.8, 4) is 6.07 Å². The minimum atomic E-state index is -0.521. The predicted molar refractivity (Wildman–Crippen MR) is 64.8 cm³/mol. The molecule has 15 heavy (non-hydrogen) atoms. The van der Waals surface area contributed by atoms with Crippen LogP contribution in [0.3, 0.4) is 0 Å². The van der Waals surface area contributed by atoms with Gasteiger partial charge in [0.05, 0.1) is 22.8 Å². The molecule has 0 radical (unpaired) electrons. The second-order valence-electron chi connectivity index (χ2n) is 2.64. The van der Waals surface area contributed by atoms with E-state index in [0.717, 1.165) is 3.57 Å². The molecule has 0 heterocycles. The number of rotatable bonds is 2. The summed E-state index contributed by atoms with van der Waals surface area (Å²) >= 11 is 7.86. The van der Waals surface area contributed by atoms with Crippen LogP contribution in [0, 0.1) is 14.9 Å². The van der Waals surface area contributed by atoms with Crippen LogP contribution in [-0.2, 0) is 4.74 Å². The van der Waals surface area contributed by atoms with E-state index in [0.29, 0.717) is 5.02 Å².